The fraction of sp³-hybridized carbons (Fsp3) is 0.533. The summed E-state index contributed by atoms with van der Waals surface area (Å²) in [5.41, 5.74) is 5.76. The minimum absolute atomic E-state index is 0.123. The summed E-state index contributed by atoms with van der Waals surface area (Å²) in [5, 5.41) is 14.1. The third kappa shape index (κ3) is 5.02. The van der Waals surface area contributed by atoms with Gasteiger partial charge in [0.2, 0.25) is 17.7 Å². The number of nitrogens with one attached hydrogen (secondary N) is 3. The molecule has 0 aromatic carbocycles. The summed E-state index contributed by atoms with van der Waals surface area (Å²) >= 11 is 0. The Hall–Kier alpha value is -2.95. The van der Waals surface area contributed by atoms with Crippen LogP contribution >= 0.6 is 0 Å². The minimum atomic E-state index is -1.07. The number of aromatic nitrogens is 2. The lowest BCUT2D eigenvalue weighted by Crippen LogP contribution is -2.54. The lowest BCUT2D eigenvalue weighted by molar-refractivity contribution is -0.149. The monoisotopic (exact) mass is 366 g/mol. The van der Waals surface area contributed by atoms with Gasteiger partial charge in [0.05, 0.1) is 19.4 Å². The van der Waals surface area contributed by atoms with E-state index in [0.29, 0.717) is 25.1 Å². The molecule has 0 spiro atoms. The van der Waals surface area contributed by atoms with Gasteiger partial charge < -0.3 is 31.4 Å². The van der Waals surface area contributed by atoms with Crippen molar-refractivity contribution in [1.82, 2.24) is 25.5 Å². The van der Waals surface area contributed by atoms with Crippen molar-refractivity contribution in [2.75, 3.05) is 19.6 Å². The Kier molecular flexibility index (Phi) is 6.67. The van der Waals surface area contributed by atoms with Gasteiger partial charge in [-0.15, -0.1) is 0 Å². The molecule has 3 amide bonds. The van der Waals surface area contributed by atoms with Crippen LogP contribution in [0.3, 0.4) is 0 Å². The molecule has 26 heavy (non-hydrogen) atoms. The van der Waals surface area contributed by atoms with Crippen LogP contribution in [0.2, 0.25) is 0 Å². The second-order valence-corrected chi connectivity index (χ2v) is 5.91. The number of H-pyrrole nitrogens is 1. The summed E-state index contributed by atoms with van der Waals surface area (Å²) in [6.07, 6.45) is 4.04. The second-order valence-electron chi connectivity index (χ2n) is 5.91. The first-order valence-electron chi connectivity index (χ1n) is 8.19. The zero-order valence-corrected chi connectivity index (χ0v) is 14.1. The molecule has 1 aliphatic rings. The van der Waals surface area contributed by atoms with Crippen LogP contribution in [0.4, 0.5) is 0 Å². The maximum atomic E-state index is 12.8. The van der Waals surface area contributed by atoms with Crippen molar-refractivity contribution in [2.45, 2.75) is 31.3 Å². The quantitative estimate of drug-likeness (QED) is 0.341. The van der Waals surface area contributed by atoms with Crippen molar-refractivity contribution in [1.29, 1.82) is 0 Å². The number of likely N-dealkylation sites (tertiary alicyclic amines) is 1. The Morgan fingerprint density at radius 3 is 2.77 bits per heavy atom. The number of nitrogens with two attached hydrogens (primary N) is 1. The van der Waals surface area contributed by atoms with Crippen LogP contribution in [0, 0.1) is 0 Å². The number of hydrogen-bond acceptors (Lipinski definition) is 6. The number of rotatable bonds is 8. The number of imidazole rings is 1. The molecule has 1 aliphatic heterocycles. The highest BCUT2D eigenvalue weighted by atomic mass is 16.4. The average Bonchev–Trinajstić information content (AvgIpc) is 3.29. The minimum Gasteiger partial charge on any atom is -0.480 e. The van der Waals surface area contributed by atoms with E-state index in [9.17, 15) is 24.3 Å². The molecule has 1 aromatic heterocycles. The third-order valence-electron chi connectivity index (χ3n) is 4.06. The highest BCUT2D eigenvalue weighted by Gasteiger charge is 2.37. The van der Waals surface area contributed by atoms with E-state index in [0.717, 1.165) is 0 Å². The highest BCUT2D eigenvalue weighted by Crippen LogP contribution is 2.19. The van der Waals surface area contributed by atoms with Crippen LogP contribution in [-0.4, -0.2) is 75.4 Å². The van der Waals surface area contributed by atoms with Gasteiger partial charge in [-0.05, 0) is 12.8 Å². The fourth-order valence-electron chi connectivity index (χ4n) is 2.80. The third-order valence-corrected chi connectivity index (χ3v) is 4.06. The van der Waals surface area contributed by atoms with Crippen LogP contribution < -0.4 is 16.4 Å². The van der Waals surface area contributed by atoms with Crippen LogP contribution in [0.15, 0.2) is 12.5 Å². The number of carboxylic acid groups (broad SMARTS) is 1. The summed E-state index contributed by atoms with van der Waals surface area (Å²) in [7, 11) is 0. The molecule has 0 radical (unpaired) electrons. The molecule has 2 atom stereocenters. The molecular weight excluding hydrogens is 344 g/mol. The van der Waals surface area contributed by atoms with Gasteiger partial charge in [-0.3, -0.25) is 14.4 Å². The van der Waals surface area contributed by atoms with Gasteiger partial charge in [-0.25, -0.2) is 9.78 Å². The van der Waals surface area contributed by atoms with E-state index >= 15 is 0 Å². The Balaban J connectivity index is 2.07. The summed E-state index contributed by atoms with van der Waals surface area (Å²) < 4.78 is 0. The smallest absolute Gasteiger partial charge is 0.326 e. The van der Waals surface area contributed by atoms with Crippen LogP contribution in [0.1, 0.15) is 18.5 Å². The number of aliphatic carboxylic acids is 1. The van der Waals surface area contributed by atoms with E-state index in [1.165, 1.54) is 17.4 Å². The summed E-state index contributed by atoms with van der Waals surface area (Å²) in [6, 6.07) is -1.88. The van der Waals surface area contributed by atoms with Crippen LogP contribution in [0.5, 0.6) is 0 Å². The molecule has 0 saturated carbocycles. The number of hydrogen-bond donors (Lipinski definition) is 5. The van der Waals surface area contributed by atoms with Gasteiger partial charge in [-0.2, -0.15) is 0 Å². The molecule has 0 bridgehead atoms. The van der Waals surface area contributed by atoms with Crippen molar-refractivity contribution >= 4 is 23.7 Å². The maximum absolute atomic E-state index is 12.8. The molecule has 0 aliphatic carbocycles. The molecule has 142 valence electrons. The first-order valence-corrected chi connectivity index (χ1v) is 8.19. The predicted molar refractivity (Wildman–Crippen MR) is 88.7 cm³/mol. The maximum Gasteiger partial charge on any atom is 0.326 e. The van der Waals surface area contributed by atoms with Gasteiger partial charge in [0.25, 0.3) is 0 Å². The van der Waals surface area contributed by atoms with E-state index in [1.54, 1.807) is 0 Å². The van der Waals surface area contributed by atoms with Crippen molar-refractivity contribution in [3.05, 3.63) is 18.2 Å². The van der Waals surface area contributed by atoms with Crippen molar-refractivity contribution in [2.24, 2.45) is 5.73 Å². The number of nitrogens with zero attached hydrogens (tertiary/aromatic N) is 2. The Morgan fingerprint density at radius 2 is 2.15 bits per heavy atom. The molecule has 11 heteroatoms. The molecule has 2 heterocycles. The number of amides is 3. The molecular formula is C15H22N6O5. The molecule has 11 nitrogen and oxygen atoms in total. The standard InChI is InChI=1S/C15H22N6O5/c16-5-12(22)18-7-13(23)20-10(4-9-6-17-8-19-9)14(24)21-3-1-2-11(21)15(25)26/h6,8,10-11H,1-5,7,16H2,(H,17,19)(H,18,22)(H,20,23)(H,25,26). The number of carbonyl (C=O) groups is 4. The number of carbonyl (C=O) groups excluding carboxylic acids is 3. The molecule has 2 unspecified atom stereocenters. The summed E-state index contributed by atoms with van der Waals surface area (Å²) in [6.45, 7) is -0.266. The second kappa shape index (κ2) is 8.94. The van der Waals surface area contributed by atoms with E-state index in [-0.39, 0.29) is 19.5 Å². The normalized spacial score (nSPS) is 17.6. The fourth-order valence-corrected chi connectivity index (χ4v) is 2.80. The zero-order chi connectivity index (χ0) is 19.1. The lowest BCUT2D eigenvalue weighted by Gasteiger charge is -2.27. The van der Waals surface area contributed by atoms with Crippen molar-refractivity contribution in [3.63, 3.8) is 0 Å². The van der Waals surface area contributed by atoms with Crippen molar-refractivity contribution < 1.29 is 24.3 Å². The summed E-state index contributed by atoms with van der Waals surface area (Å²) in [4.78, 5) is 55.3. The largest absolute Gasteiger partial charge is 0.480 e. The van der Waals surface area contributed by atoms with Gasteiger partial charge in [0, 0.05) is 24.9 Å². The molecule has 2 rings (SSSR count). The zero-order valence-electron chi connectivity index (χ0n) is 14.1. The van der Waals surface area contributed by atoms with Gasteiger partial charge in [0.15, 0.2) is 0 Å². The highest BCUT2D eigenvalue weighted by molar-refractivity contribution is 5.92. The summed E-state index contributed by atoms with van der Waals surface area (Å²) in [5.74, 6) is -2.63. The van der Waals surface area contributed by atoms with E-state index in [2.05, 4.69) is 20.6 Å². The predicted octanol–water partition coefficient (Wildman–Crippen LogP) is -2.41. The first kappa shape index (κ1) is 19.4. The molecule has 6 N–H and O–H groups in total. The van der Waals surface area contributed by atoms with Crippen LogP contribution in [0.25, 0.3) is 0 Å². The van der Waals surface area contributed by atoms with E-state index < -0.39 is 35.8 Å². The molecule has 1 aromatic rings. The topological polar surface area (TPSA) is 171 Å². The Bertz CT molecular complexity index is 661. The van der Waals surface area contributed by atoms with Crippen LogP contribution in [-0.2, 0) is 25.6 Å². The SMILES string of the molecule is NCC(=O)NCC(=O)NC(Cc1cnc[nH]1)C(=O)N1CCCC1C(=O)O. The number of carboxylic acids is 1. The van der Waals surface area contributed by atoms with E-state index in [4.69, 9.17) is 5.73 Å². The van der Waals surface area contributed by atoms with Crippen molar-refractivity contribution in [3.8, 4) is 0 Å². The average molecular weight is 366 g/mol. The van der Waals surface area contributed by atoms with Gasteiger partial charge in [-0.1, -0.05) is 0 Å². The Morgan fingerprint density at radius 1 is 1.38 bits per heavy atom. The first-order chi connectivity index (χ1) is 12.4. The molecule has 1 saturated heterocycles. The van der Waals surface area contributed by atoms with Gasteiger partial charge >= 0.3 is 5.97 Å². The Labute approximate surface area is 149 Å². The number of aromatic amines is 1. The van der Waals surface area contributed by atoms with Gasteiger partial charge in [0.1, 0.15) is 12.1 Å². The molecule has 1 fully saturated rings. The van der Waals surface area contributed by atoms with E-state index in [1.807, 2.05) is 0 Å². The lowest BCUT2D eigenvalue weighted by atomic mass is 10.1.